The maximum absolute atomic E-state index is 13.1. The van der Waals surface area contributed by atoms with Crippen molar-refractivity contribution in [1.82, 2.24) is 4.90 Å². The Hall–Kier alpha value is -1.92. The number of rotatable bonds is 6. The Kier molecular flexibility index (Phi) is 7.75. The van der Waals surface area contributed by atoms with Crippen molar-refractivity contribution in [2.45, 2.75) is 20.1 Å². The summed E-state index contributed by atoms with van der Waals surface area (Å²) in [5.41, 5.74) is 3.73. The molecule has 0 bridgehead atoms. The smallest absolute Gasteiger partial charge is 0.293 e. The lowest BCUT2D eigenvalue weighted by molar-refractivity contribution is -0.123. The summed E-state index contributed by atoms with van der Waals surface area (Å²) in [5, 5.41) is -0.268. The Balaban J connectivity index is 1.49. The predicted octanol–water partition coefficient (Wildman–Crippen LogP) is 7.16. The average Bonchev–Trinajstić information content (AvgIpc) is 3.03. The number of amides is 2. The SMILES string of the molecule is Cc1ccc(CN2C(=O)S/C(=C\c3cc(I)c(OCc4ccc(F)cc4)c(I)c3)C2=O)cc1. The molecule has 0 radical (unpaired) electrons. The van der Waals surface area contributed by atoms with Crippen molar-refractivity contribution in [2.75, 3.05) is 0 Å². The Bertz CT molecular complexity index is 1220. The zero-order chi connectivity index (χ0) is 23.5. The van der Waals surface area contributed by atoms with Gasteiger partial charge in [-0.1, -0.05) is 42.0 Å². The highest BCUT2D eigenvalue weighted by Gasteiger charge is 2.35. The molecular weight excluding hydrogens is 667 g/mol. The lowest BCUT2D eigenvalue weighted by Crippen LogP contribution is -2.27. The van der Waals surface area contributed by atoms with Gasteiger partial charge in [0.1, 0.15) is 18.2 Å². The lowest BCUT2D eigenvalue weighted by Gasteiger charge is -2.13. The van der Waals surface area contributed by atoms with Gasteiger partial charge in [-0.15, -0.1) is 0 Å². The molecule has 1 aliphatic rings. The number of nitrogens with zero attached hydrogens (tertiary/aromatic N) is 1. The van der Waals surface area contributed by atoms with Crippen molar-refractivity contribution in [3.05, 3.63) is 101 Å². The fraction of sp³-hybridized carbons (Fsp3) is 0.120. The molecule has 0 unspecified atom stereocenters. The monoisotopic (exact) mass is 685 g/mol. The van der Waals surface area contributed by atoms with Crippen LogP contribution in [-0.4, -0.2) is 16.0 Å². The molecule has 0 aliphatic carbocycles. The Morgan fingerprint density at radius 3 is 2.21 bits per heavy atom. The predicted molar refractivity (Wildman–Crippen MR) is 145 cm³/mol. The number of imide groups is 1. The molecule has 1 aliphatic heterocycles. The molecule has 0 saturated carbocycles. The van der Waals surface area contributed by atoms with Crippen LogP contribution < -0.4 is 4.74 Å². The molecule has 168 valence electrons. The molecule has 8 heteroatoms. The first-order valence-corrected chi connectivity index (χ1v) is 12.9. The number of carbonyl (C=O) groups excluding carboxylic acids is 2. The summed E-state index contributed by atoms with van der Waals surface area (Å²) in [4.78, 5) is 27.0. The quantitative estimate of drug-likeness (QED) is 0.204. The van der Waals surface area contributed by atoms with Gasteiger partial charge in [0, 0.05) is 0 Å². The second-order valence-corrected chi connectivity index (χ2v) is 10.8. The fourth-order valence-electron chi connectivity index (χ4n) is 3.20. The van der Waals surface area contributed by atoms with E-state index in [0.717, 1.165) is 46.9 Å². The van der Waals surface area contributed by atoms with Crippen molar-refractivity contribution in [1.29, 1.82) is 0 Å². The van der Waals surface area contributed by atoms with Crippen LogP contribution in [0.15, 0.2) is 65.6 Å². The third-order valence-electron chi connectivity index (χ3n) is 4.95. The highest BCUT2D eigenvalue weighted by Crippen LogP contribution is 2.35. The van der Waals surface area contributed by atoms with Gasteiger partial charge in [0.15, 0.2) is 0 Å². The number of aryl methyl sites for hydroxylation is 1. The van der Waals surface area contributed by atoms with Crippen LogP contribution in [0, 0.1) is 19.9 Å². The van der Waals surface area contributed by atoms with E-state index in [4.69, 9.17) is 4.74 Å². The highest BCUT2D eigenvalue weighted by atomic mass is 127. The van der Waals surface area contributed by atoms with Gasteiger partial charge >= 0.3 is 0 Å². The molecular formula is C25H18FI2NO3S. The van der Waals surface area contributed by atoms with E-state index in [0.29, 0.717) is 11.5 Å². The van der Waals surface area contributed by atoms with E-state index in [1.807, 2.05) is 43.3 Å². The first kappa shape index (κ1) is 24.2. The molecule has 3 aromatic rings. The molecule has 0 atom stereocenters. The van der Waals surface area contributed by atoms with E-state index < -0.39 is 0 Å². The summed E-state index contributed by atoms with van der Waals surface area (Å²) < 4.78 is 20.8. The molecule has 0 spiro atoms. The molecule has 1 saturated heterocycles. The Labute approximate surface area is 222 Å². The zero-order valence-electron chi connectivity index (χ0n) is 17.5. The molecule has 4 rings (SSSR count). The first-order valence-electron chi connectivity index (χ1n) is 9.97. The lowest BCUT2D eigenvalue weighted by atomic mass is 10.1. The van der Waals surface area contributed by atoms with E-state index in [1.165, 1.54) is 17.0 Å². The summed E-state index contributed by atoms with van der Waals surface area (Å²) in [6.07, 6.45) is 1.74. The standard InChI is InChI=1S/C25H18FI2NO3S/c1-15-2-4-16(5-3-15)13-29-24(30)22(33-25(29)31)12-18-10-20(27)23(21(28)11-18)32-14-17-6-8-19(26)9-7-17/h2-12H,13-14H2,1H3/b22-12-. The molecule has 0 aromatic heterocycles. The van der Waals surface area contributed by atoms with E-state index in [-0.39, 0.29) is 23.5 Å². The zero-order valence-corrected chi connectivity index (χ0v) is 22.6. The minimum Gasteiger partial charge on any atom is -0.487 e. The van der Waals surface area contributed by atoms with Gasteiger partial charge in [-0.3, -0.25) is 14.5 Å². The summed E-state index contributed by atoms with van der Waals surface area (Å²) in [5.74, 6) is 0.160. The van der Waals surface area contributed by atoms with E-state index >= 15 is 0 Å². The van der Waals surface area contributed by atoms with Crippen molar-refractivity contribution >= 4 is 74.2 Å². The maximum Gasteiger partial charge on any atom is 0.293 e. The second-order valence-electron chi connectivity index (χ2n) is 7.48. The number of hydrogen-bond acceptors (Lipinski definition) is 4. The molecule has 33 heavy (non-hydrogen) atoms. The van der Waals surface area contributed by atoms with Crippen LogP contribution in [0.25, 0.3) is 6.08 Å². The third kappa shape index (κ3) is 5.96. The van der Waals surface area contributed by atoms with Crippen molar-refractivity contribution in [3.63, 3.8) is 0 Å². The van der Waals surface area contributed by atoms with Crippen molar-refractivity contribution < 1.29 is 18.7 Å². The number of ether oxygens (including phenoxy) is 1. The molecule has 4 nitrogen and oxygen atoms in total. The topological polar surface area (TPSA) is 46.6 Å². The fourth-order valence-corrected chi connectivity index (χ4v) is 6.17. The van der Waals surface area contributed by atoms with Crippen LogP contribution in [0.5, 0.6) is 5.75 Å². The molecule has 2 amide bonds. The van der Waals surface area contributed by atoms with Crippen LogP contribution in [-0.2, 0) is 17.9 Å². The maximum atomic E-state index is 13.1. The normalized spacial score (nSPS) is 14.9. The minimum absolute atomic E-state index is 0.257. The highest BCUT2D eigenvalue weighted by molar-refractivity contribution is 14.1. The Morgan fingerprint density at radius 2 is 1.58 bits per heavy atom. The van der Waals surface area contributed by atoms with Crippen LogP contribution in [0.2, 0.25) is 0 Å². The van der Waals surface area contributed by atoms with Crippen molar-refractivity contribution in [3.8, 4) is 5.75 Å². The Morgan fingerprint density at radius 1 is 0.970 bits per heavy atom. The van der Waals surface area contributed by atoms with Gasteiger partial charge in [0.05, 0.1) is 18.6 Å². The number of thioether (sulfide) groups is 1. The number of carbonyl (C=O) groups is 2. The number of halogens is 3. The van der Waals surface area contributed by atoms with Gasteiger partial charge < -0.3 is 4.74 Å². The number of benzene rings is 3. The molecule has 3 aromatic carbocycles. The molecule has 1 heterocycles. The second kappa shape index (κ2) is 10.6. The summed E-state index contributed by atoms with van der Waals surface area (Å²) in [7, 11) is 0. The van der Waals surface area contributed by atoms with Gasteiger partial charge in [-0.2, -0.15) is 0 Å². The van der Waals surface area contributed by atoms with Gasteiger partial charge in [0.2, 0.25) is 0 Å². The van der Waals surface area contributed by atoms with E-state index in [1.54, 1.807) is 18.2 Å². The van der Waals surface area contributed by atoms with Crippen LogP contribution in [0.3, 0.4) is 0 Å². The van der Waals surface area contributed by atoms with Gasteiger partial charge in [-0.25, -0.2) is 4.39 Å². The van der Waals surface area contributed by atoms with Crippen LogP contribution in [0.4, 0.5) is 9.18 Å². The van der Waals surface area contributed by atoms with E-state index in [2.05, 4.69) is 45.2 Å². The van der Waals surface area contributed by atoms with Crippen LogP contribution >= 0.6 is 56.9 Å². The van der Waals surface area contributed by atoms with Gasteiger partial charge in [0.25, 0.3) is 11.1 Å². The first-order chi connectivity index (χ1) is 15.8. The minimum atomic E-state index is -0.285. The van der Waals surface area contributed by atoms with Gasteiger partial charge in [-0.05, 0) is 111 Å². The molecule has 1 fully saturated rings. The van der Waals surface area contributed by atoms with E-state index in [9.17, 15) is 14.0 Å². The summed E-state index contributed by atoms with van der Waals surface area (Å²) in [6.45, 7) is 2.57. The van der Waals surface area contributed by atoms with Crippen LogP contribution in [0.1, 0.15) is 22.3 Å². The van der Waals surface area contributed by atoms with Crippen molar-refractivity contribution in [2.24, 2.45) is 0 Å². The largest absolute Gasteiger partial charge is 0.487 e. The molecule has 0 N–H and O–H groups in total. The number of hydrogen-bond donors (Lipinski definition) is 0. The summed E-state index contributed by atoms with van der Waals surface area (Å²) in [6, 6.07) is 17.8. The third-order valence-corrected chi connectivity index (χ3v) is 7.46. The summed E-state index contributed by atoms with van der Waals surface area (Å²) >= 11 is 5.33. The average molecular weight is 685 g/mol.